The fourth-order valence-electron chi connectivity index (χ4n) is 4.03. The number of hydrogen-bond acceptors (Lipinski definition) is 8. The molecule has 37 heavy (non-hydrogen) atoms. The highest BCUT2D eigenvalue weighted by atomic mass is 35.5. The number of thioether (sulfide) groups is 1. The van der Waals surface area contributed by atoms with Crippen LogP contribution in [0.1, 0.15) is 38.7 Å². The molecule has 198 valence electrons. The van der Waals surface area contributed by atoms with Crippen LogP contribution < -0.4 is 19.7 Å². The van der Waals surface area contributed by atoms with Crippen LogP contribution in [0, 0.1) is 0 Å². The van der Waals surface area contributed by atoms with Crippen LogP contribution in [-0.4, -0.2) is 59.8 Å². The minimum atomic E-state index is -0.335. The molecule has 1 fully saturated rings. The van der Waals surface area contributed by atoms with Crippen LogP contribution in [0.4, 0.5) is 11.4 Å². The number of benzene rings is 2. The first-order chi connectivity index (χ1) is 17.9. The monoisotopic (exact) mass is 545 g/mol. The summed E-state index contributed by atoms with van der Waals surface area (Å²) in [6.07, 6.45) is -0.335. The molecule has 9 nitrogen and oxygen atoms in total. The Labute approximate surface area is 226 Å². The molecule has 1 atom stereocenters. The molecule has 2 aromatic carbocycles. The molecule has 2 heterocycles. The molecule has 1 unspecified atom stereocenters. The number of morpholine rings is 1. The summed E-state index contributed by atoms with van der Waals surface area (Å²) in [7, 11) is 1.63. The molecule has 1 N–H and O–H groups in total. The molecule has 0 spiro atoms. The molecule has 1 saturated heterocycles. The number of carbonyl (C=O) groups excluding carboxylic acids is 1. The average molecular weight is 546 g/mol. The van der Waals surface area contributed by atoms with Crippen LogP contribution in [0.3, 0.4) is 0 Å². The Hall–Kier alpha value is -2.95. The van der Waals surface area contributed by atoms with Gasteiger partial charge in [-0.3, -0.25) is 4.79 Å². The van der Waals surface area contributed by atoms with Gasteiger partial charge in [0, 0.05) is 24.8 Å². The first-order valence-corrected chi connectivity index (χ1v) is 13.5. The highest BCUT2D eigenvalue weighted by Crippen LogP contribution is 2.31. The molecule has 1 amide bonds. The van der Waals surface area contributed by atoms with Crippen LogP contribution in [0.5, 0.6) is 11.5 Å². The number of ether oxygens (including phenoxy) is 3. The molecule has 1 aliphatic heterocycles. The number of rotatable bonds is 10. The number of amides is 1. The van der Waals surface area contributed by atoms with E-state index in [0.29, 0.717) is 40.7 Å². The molecule has 3 aromatic rings. The van der Waals surface area contributed by atoms with E-state index >= 15 is 0 Å². The number of aromatic nitrogens is 3. The maximum atomic E-state index is 12.7. The maximum Gasteiger partial charge on any atom is 0.234 e. The lowest BCUT2D eigenvalue weighted by molar-refractivity contribution is -0.113. The van der Waals surface area contributed by atoms with Gasteiger partial charge in [-0.25, -0.2) is 0 Å². The lowest BCUT2D eigenvalue weighted by Crippen LogP contribution is -2.36. The van der Waals surface area contributed by atoms with Crippen LogP contribution >= 0.6 is 23.4 Å². The molecule has 1 aliphatic rings. The molecule has 4 rings (SSSR count). The largest absolute Gasteiger partial charge is 0.497 e. The Bertz CT molecular complexity index is 1200. The second kappa shape index (κ2) is 12.5. The van der Waals surface area contributed by atoms with E-state index in [4.69, 9.17) is 25.8 Å². The van der Waals surface area contributed by atoms with Crippen molar-refractivity contribution in [3.63, 3.8) is 0 Å². The minimum absolute atomic E-state index is 0.0871. The van der Waals surface area contributed by atoms with Crippen LogP contribution in [0.15, 0.2) is 47.6 Å². The van der Waals surface area contributed by atoms with Crippen LogP contribution in [0.25, 0.3) is 0 Å². The summed E-state index contributed by atoms with van der Waals surface area (Å²) in [6, 6.07) is 13.1. The quantitative estimate of drug-likeness (QED) is 0.346. The molecular formula is C26H32ClN5O4S. The van der Waals surface area contributed by atoms with Crippen molar-refractivity contribution in [3.05, 3.63) is 53.3 Å². The third-order valence-electron chi connectivity index (χ3n) is 5.86. The van der Waals surface area contributed by atoms with Crippen molar-refractivity contribution in [2.24, 2.45) is 0 Å². The third-order valence-corrected chi connectivity index (χ3v) is 7.10. The van der Waals surface area contributed by atoms with Crippen LogP contribution in [0.2, 0.25) is 5.02 Å². The first kappa shape index (κ1) is 27.1. The number of hydrogen-bond donors (Lipinski definition) is 1. The number of methoxy groups -OCH3 is 1. The summed E-state index contributed by atoms with van der Waals surface area (Å²) in [6.45, 7) is 8.99. The SMILES string of the molecule is COc1ccc(OC(C)c2nnc(SCC(=O)Nc3ccc(N4CCOCC4)c(Cl)c3)n2C(C)C)cc1. The van der Waals surface area contributed by atoms with E-state index in [9.17, 15) is 4.79 Å². The summed E-state index contributed by atoms with van der Waals surface area (Å²) in [4.78, 5) is 14.9. The highest BCUT2D eigenvalue weighted by Gasteiger charge is 2.22. The van der Waals surface area contributed by atoms with E-state index in [-0.39, 0.29) is 23.8 Å². The van der Waals surface area contributed by atoms with Crippen molar-refractivity contribution >= 4 is 40.6 Å². The zero-order valence-corrected chi connectivity index (χ0v) is 23.0. The standard InChI is InChI=1S/C26H32ClN5O4S/c1-17(2)32-25(18(3)36-21-8-6-20(34-4)7-9-21)29-30-26(32)37-16-24(33)28-19-5-10-23(22(27)15-19)31-11-13-35-14-12-31/h5-10,15,17-18H,11-14,16H2,1-4H3,(H,28,33). The molecule has 0 aliphatic carbocycles. The third kappa shape index (κ3) is 6.88. The Morgan fingerprint density at radius 3 is 2.46 bits per heavy atom. The average Bonchev–Trinajstić information content (AvgIpc) is 3.33. The number of carbonyl (C=O) groups is 1. The lowest BCUT2D eigenvalue weighted by Gasteiger charge is -2.29. The molecule has 0 saturated carbocycles. The smallest absolute Gasteiger partial charge is 0.234 e. The normalized spacial score (nSPS) is 14.5. The minimum Gasteiger partial charge on any atom is -0.497 e. The Kier molecular flexibility index (Phi) is 9.18. The molecular weight excluding hydrogens is 514 g/mol. The second-order valence-electron chi connectivity index (χ2n) is 8.84. The summed E-state index contributed by atoms with van der Waals surface area (Å²) in [5.41, 5.74) is 1.60. The van der Waals surface area contributed by atoms with E-state index in [0.717, 1.165) is 24.5 Å². The van der Waals surface area contributed by atoms with Gasteiger partial charge >= 0.3 is 0 Å². The van der Waals surface area contributed by atoms with E-state index in [1.807, 2.05) is 47.9 Å². The van der Waals surface area contributed by atoms with Gasteiger partial charge in [-0.2, -0.15) is 0 Å². The summed E-state index contributed by atoms with van der Waals surface area (Å²) in [5.74, 6) is 2.19. The first-order valence-electron chi connectivity index (χ1n) is 12.2. The van der Waals surface area contributed by atoms with Crippen molar-refractivity contribution in [3.8, 4) is 11.5 Å². The Morgan fingerprint density at radius 1 is 1.11 bits per heavy atom. The van der Waals surface area contributed by atoms with Gasteiger partial charge in [-0.05, 0) is 63.2 Å². The summed E-state index contributed by atoms with van der Waals surface area (Å²) >= 11 is 7.83. The highest BCUT2D eigenvalue weighted by molar-refractivity contribution is 7.99. The van der Waals surface area contributed by atoms with Crippen molar-refractivity contribution in [2.45, 2.75) is 38.1 Å². The fourth-order valence-corrected chi connectivity index (χ4v) is 5.21. The van der Waals surface area contributed by atoms with Gasteiger partial charge < -0.3 is 29.0 Å². The van der Waals surface area contributed by atoms with Crippen molar-refractivity contribution in [1.82, 2.24) is 14.8 Å². The van der Waals surface area contributed by atoms with Gasteiger partial charge in [0.1, 0.15) is 11.5 Å². The Balaban J connectivity index is 1.37. The predicted molar refractivity (Wildman–Crippen MR) is 146 cm³/mol. The van der Waals surface area contributed by atoms with E-state index < -0.39 is 0 Å². The molecule has 0 bridgehead atoms. The number of nitrogens with one attached hydrogen (secondary N) is 1. The van der Waals surface area contributed by atoms with E-state index in [2.05, 4.69) is 34.3 Å². The lowest BCUT2D eigenvalue weighted by atomic mass is 10.2. The topological polar surface area (TPSA) is 90.7 Å². The molecule has 1 aromatic heterocycles. The van der Waals surface area contributed by atoms with Crippen molar-refractivity contribution in [1.29, 1.82) is 0 Å². The fraction of sp³-hybridized carbons (Fsp3) is 0.423. The van der Waals surface area contributed by atoms with Crippen molar-refractivity contribution < 1.29 is 19.0 Å². The van der Waals surface area contributed by atoms with Crippen molar-refractivity contribution in [2.75, 3.05) is 49.4 Å². The second-order valence-corrected chi connectivity index (χ2v) is 10.2. The summed E-state index contributed by atoms with van der Waals surface area (Å²) in [5, 5.41) is 12.9. The van der Waals surface area contributed by atoms with Gasteiger partial charge in [0.05, 0.1) is 36.8 Å². The van der Waals surface area contributed by atoms with Gasteiger partial charge in [-0.15, -0.1) is 10.2 Å². The van der Waals surface area contributed by atoms with Gasteiger partial charge in [0.15, 0.2) is 17.1 Å². The number of anilines is 2. The molecule has 11 heteroatoms. The van der Waals surface area contributed by atoms with E-state index in [1.54, 1.807) is 13.2 Å². The number of nitrogens with zero attached hydrogens (tertiary/aromatic N) is 4. The van der Waals surface area contributed by atoms with Crippen LogP contribution in [-0.2, 0) is 9.53 Å². The summed E-state index contributed by atoms with van der Waals surface area (Å²) < 4.78 is 18.7. The van der Waals surface area contributed by atoms with Gasteiger partial charge in [-0.1, -0.05) is 23.4 Å². The molecule has 0 radical (unpaired) electrons. The zero-order valence-electron chi connectivity index (χ0n) is 21.4. The Morgan fingerprint density at radius 2 is 1.81 bits per heavy atom. The van der Waals surface area contributed by atoms with Gasteiger partial charge in [0.25, 0.3) is 0 Å². The zero-order chi connectivity index (χ0) is 26.4. The van der Waals surface area contributed by atoms with E-state index in [1.165, 1.54) is 11.8 Å². The predicted octanol–water partition coefficient (Wildman–Crippen LogP) is 5.23. The number of halogens is 1. The maximum absolute atomic E-state index is 12.7. The van der Waals surface area contributed by atoms with Gasteiger partial charge in [0.2, 0.25) is 5.91 Å².